The first-order chi connectivity index (χ1) is 14.3. The number of aromatic nitrogens is 1. The van der Waals surface area contributed by atoms with Crippen molar-refractivity contribution in [3.05, 3.63) is 59.4 Å². The Morgan fingerprint density at radius 1 is 1.23 bits per heavy atom. The first-order valence-corrected chi connectivity index (χ1v) is 11.9. The van der Waals surface area contributed by atoms with E-state index < -0.39 is 21.9 Å². The molecule has 1 aromatic heterocycles. The molecule has 1 saturated heterocycles. The van der Waals surface area contributed by atoms with Crippen molar-refractivity contribution < 1.29 is 17.6 Å². The number of likely N-dealkylation sites (N-methyl/N-ethyl adjacent to an activating group) is 1. The van der Waals surface area contributed by atoms with E-state index in [4.69, 9.17) is 0 Å². The number of carbonyl (C=O) groups is 1. The summed E-state index contributed by atoms with van der Waals surface area (Å²) in [7, 11) is -2.21. The number of fused-ring (bicyclic) bond motifs is 1. The number of sulfonamides is 1. The summed E-state index contributed by atoms with van der Waals surface area (Å²) in [6.45, 7) is 2.16. The fourth-order valence-corrected chi connectivity index (χ4v) is 6.39. The number of hydrogen-bond acceptors (Lipinski definition) is 5. The Labute approximate surface area is 179 Å². The molecule has 30 heavy (non-hydrogen) atoms. The Hall–Kier alpha value is -2.36. The first-order valence-electron chi connectivity index (χ1n) is 9.68. The molecule has 0 spiro atoms. The highest BCUT2D eigenvalue weighted by atomic mass is 32.2. The molecule has 158 valence electrons. The van der Waals surface area contributed by atoms with Crippen molar-refractivity contribution in [3.63, 3.8) is 0 Å². The molecule has 2 atom stereocenters. The van der Waals surface area contributed by atoms with Crippen molar-refractivity contribution in [1.82, 2.24) is 14.2 Å². The second kappa shape index (κ2) is 8.05. The topological polar surface area (TPSA) is 70.6 Å². The molecule has 0 radical (unpaired) electrons. The zero-order valence-electron chi connectivity index (χ0n) is 16.7. The molecular weight excluding hydrogens is 425 g/mol. The number of rotatable bonds is 5. The normalized spacial score (nSPS) is 18.6. The Kier molecular flexibility index (Phi) is 5.61. The summed E-state index contributed by atoms with van der Waals surface area (Å²) in [6.07, 6.45) is 1.05. The van der Waals surface area contributed by atoms with Gasteiger partial charge in [0.25, 0.3) is 0 Å². The number of halogens is 1. The SMILES string of the molecule is C[C@H](c1nc2ccccc2s1)N(C)C(=O)[C@@H]1CCCN1S(=O)(=O)c1ccc(F)cc1. The molecule has 4 rings (SSSR count). The van der Waals surface area contributed by atoms with Crippen LogP contribution >= 0.6 is 11.3 Å². The van der Waals surface area contributed by atoms with Gasteiger partial charge in [0.2, 0.25) is 15.9 Å². The minimum atomic E-state index is -3.89. The van der Waals surface area contributed by atoms with E-state index in [9.17, 15) is 17.6 Å². The third-order valence-electron chi connectivity index (χ3n) is 5.51. The predicted octanol–water partition coefficient (Wildman–Crippen LogP) is 3.81. The second-order valence-electron chi connectivity index (χ2n) is 7.37. The maximum absolute atomic E-state index is 13.3. The molecule has 0 unspecified atom stereocenters. The third kappa shape index (κ3) is 3.73. The van der Waals surface area contributed by atoms with E-state index in [0.29, 0.717) is 12.8 Å². The Morgan fingerprint density at radius 2 is 1.93 bits per heavy atom. The van der Waals surface area contributed by atoms with Gasteiger partial charge in [0.15, 0.2) is 0 Å². The van der Waals surface area contributed by atoms with E-state index in [-0.39, 0.29) is 23.4 Å². The predicted molar refractivity (Wildman–Crippen MR) is 114 cm³/mol. The van der Waals surface area contributed by atoms with Crippen LogP contribution in [0.2, 0.25) is 0 Å². The lowest BCUT2D eigenvalue weighted by Crippen LogP contribution is -2.47. The zero-order valence-corrected chi connectivity index (χ0v) is 18.3. The van der Waals surface area contributed by atoms with Crippen LogP contribution in [-0.2, 0) is 14.8 Å². The van der Waals surface area contributed by atoms with Crippen molar-refractivity contribution in [3.8, 4) is 0 Å². The molecule has 6 nitrogen and oxygen atoms in total. The highest BCUT2D eigenvalue weighted by Gasteiger charge is 2.41. The van der Waals surface area contributed by atoms with Crippen LogP contribution in [0, 0.1) is 5.82 Å². The van der Waals surface area contributed by atoms with Gasteiger partial charge in [0, 0.05) is 13.6 Å². The van der Waals surface area contributed by atoms with Gasteiger partial charge in [0.1, 0.15) is 16.9 Å². The molecule has 1 aliphatic rings. The summed E-state index contributed by atoms with van der Waals surface area (Å²) in [6, 6.07) is 11.4. The lowest BCUT2D eigenvalue weighted by molar-refractivity contribution is -0.135. The van der Waals surface area contributed by atoms with Gasteiger partial charge < -0.3 is 4.90 Å². The summed E-state index contributed by atoms with van der Waals surface area (Å²) < 4.78 is 41.6. The molecule has 0 aliphatic carbocycles. The molecule has 0 bridgehead atoms. The maximum atomic E-state index is 13.3. The summed E-state index contributed by atoms with van der Waals surface area (Å²) in [4.78, 5) is 19.4. The molecule has 1 amide bonds. The van der Waals surface area contributed by atoms with Crippen molar-refractivity contribution in [1.29, 1.82) is 0 Å². The van der Waals surface area contributed by atoms with Gasteiger partial charge in [-0.1, -0.05) is 12.1 Å². The smallest absolute Gasteiger partial charge is 0.243 e. The number of benzene rings is 2. The minimum absolute atomic E-state index is 0.00882. The summed E-state index contributed by atoms with van der Waals surface area (Å²) in [5.74, 6) is -0.766. The lowest BCUT2D eigenvalue weighted by atomic mass is 10.2. The molecule has 3 aromatic rings. The number of nitrogens with zero attached hydrogens (tertiary/aromatic N) is 3. The van der Waals surface area contributed by atoms with Gasteiger partial charge >= 0.3 is 0 Å². The summed E-state index contributed by atoms with van der Waals surface area (Å²) >= 11 is 1.53. The molecule has 9 heteroatoms. The number of amides is 1. The van der Waals surface area contributed by atoms with Gasteiger partial charge in [-0.2, -0.15) is 4.31 Å². The average Bonchev–Trinajstić information content (AvgIpc) is 3.40. The highest BCUT2D eigenvalue weighted by Crippen LogP contribution is 2.32. The van der Waals surface area contributed by atoms with Gasteiger partial charge in [-0.15, -0.1) is 11.3 Å². The van der Waals surface area contributed by atoms with Gasteiger partial charge in [-0.25, -0.2) is 17.8 Å². The molecule has 0 saturated carbocycles. The number of hydrogen-bond donors (Lipinski definition) is 0. The fourth-order valence-electron chi connectivity index (χ4n) is 3.68. The van der Waals surface area contributed by atoms with E-state index in [1.165, 1.54) is 27.8 Å². The van der Waals surface area contributed by atoms with Crippen LogP contribution in [0.1, 0.15) is 30.8 Å². The van der Waals surface area contributed by atoms with Crippen LogP contribution in [0.15, 0.2) is 53.4 Å². The Morgan fingerprint density at radius 3 is 2.63 bits per heavy atom. The minimum Gasteiger partial charge on any atom is -0.335 e. The monoisotopic (exact) mass is 447 g/mol. The average molecular weight is 448 g/mol. The van der Waals surface area contributed by atoms with Crippen molar-refractivity contribution in [2.45, 2.75) is 36.7 Å². The maximum Gasteiger partial charge on any atom is 0.243 e. The van der Waals surface area contributed by atoms with Gasteiger partial charge in [-0.05, 0) is 56.2 Å². The number of para-hydroxylation sites is 1. The highest BCUT2D eigenvalue weighted by molar-refractivity contribution is 7.89. The standard InChI is InChI=1S/C21H22FN3O3S2/c1-14(20-23-17-6-3-4-8-19(17)29-20)24(2)21(26)18-7-5-13-25(18)30(27,28)16-11-9-15(22)10-12-16/h3-4,6,8-12,14,18H,5,7,13H2,1-2H3/t14-,18+/m1/s1. The molecule has 0 N–H and O–H groups in total. The van der Waals surface area contributed by atoms with Crippen molar-refractivity contribution >= 4 is 37.5 Å². The lowest BCUT2D eigenvalue weighted by Gasteiger charge is -2.30. The quantitative estimate of drug-likeness (QED) is 0.596. The molecular formula is C21H22FN3O3S2. The van der Waals surface area contributed by atoms with Gasteiger partial charge in [-0.3, -0.25) is 4.79 Å². The van der Waals surface area contributed by atoms with Crippen LogP contribution in [0.5, 0.6) is 0 Å². The summed E-state index contributed by atoms with van der Waals surface area (Å²) in [5.41, 5.74) is 0.881. The summed E-state index contributed by atoms with van der Waals surface area (Å²) in [5, 5.41) is 0.804. The van der Waals surface area contributed by atoms with E-state index in [2.05, 4.69) is 4.98 Å². The molecule has 1 fully saturated rings. The molecule has 2 heterocycles. The fraction of sp³-hybridized carbons (Fsp3) is 0.333. The number of thiazole rings is 1. The van der Waals surface area contributed by atoms with E-state index in [0.717, 1.165) is 27.4 Å². The van der Waals surface area contributed by atoms with Crippen LogP contribution in [0.4, 0.5) is 4.39 Å². The number of carbonyl (C=O) groups excluding carboxylic acids is 1. The zero-order chi connectivity index (χ0) is 21.5. The molecule has 1 aliphatic heterocycles. The Balaban J connectivity index is 1.57. The molecule has 2 aromatic carbocycles. The Bertz CT molecular complexity index is 1140. The van der Waals surface area contributed by atoms with Gasteiger partial charge in [0.05, 0.1) is 21.2 Å². The van der Waals surface area contributed by atoms with Crippen LogP contribution in [-0.4, -0.2) is 48.1 Å². The largest absolute Gasteiger partial charge is 0.335 e. The second-order valence-corrected chi connectivity index (χ2v) is 10.3. The van der Waals surface area contributed by atoms with E-state index in [1.54, 1.807) is 11.9 Å². The van der Waals surface area contributed by atoms with Crippen LogP contribution in [0.25, 0.3) is 10.2 Å². The van der Waals surface area contributed by atoms with Crippen LogP contribution < -0.4 is 0 Å². The van der Waals surface area contributed by atoms with Crippen molar-refractivity contribution in [2.75, 3.05) is 13.6 Å². The third-order valence-corrected chi connectivity index (χ3v) is 8.63. The van der Waals surface area contributed by atoms with E-state index >= 15 is 0 Å². The van der Waals surface area contributed by atoms with E-state index in [1.807, 2.05) is 31.2 Å². The first kappa shape index (κ1) is 20.9. The van der Waals surface area contributed by atoms with Crippen LogP contribution in [0.3, 0.4) is 0 Å². The van der Waals surface area contributed by atoms with Crippen molar-refractivity contribution in [2.24, 2.45) is 0 Å².